The number of carbonyl (C=O) groups is 4. The van der Waals surface area contributed by atoms with Gasteiger partial charge in [0.1, 0.15) is 6.04 Å². The van der Waals surface area contributed by atoms with Gasteiger partial charge in [-0.15, -0.1) is 0 Å². The molecule has 2 atom stereocenters. The summed E-state index contributed by atoms with van der Waals surface area (Å²) in [4.78, 5) is 53.0. The van der Waals surface area contributed by atoms with Crippen LogP contribution in [0.4, 0.5) is 0 Å². The van der Waals surface area contributed by atoms with E-state index >= 15 is 0 Å². The summed E-state index contributed by atoms with van der Waals surface area (Å²) in [5, 5.41) is 5.76. The molecule has 0 aromatic heterocycles. The Labute approximate surface area is 187 Å². The van der Waals surface area contributed by atoms with Gasteiger partial charge in [0, 0.05) is 13.0 Å². The molecule has 0 radical (unpaired) electrons. The highest BCUT2D eigenvalue weighted by atomic mass is 16.2. The molecule has 2 unspecified atom stereocenters. The second kappa shape index (κ2) is 8.75. The standard InChI is InChI=1S/C24H30N4O4/c29-21-6-5-20(22(30)26-21)28-23(31)18-4-3-15(12-19(18)24(28)32)14-27-10-7-16(8-11-27)17-2-1-9-25-13-17/h3-4,12,16-17,20,25H,1-2,5-11,13-14H2,(H,26,29,30). The SMILES string of the molecule is O=C1CCC(N2C(=O)c3ccc(CN4CCC(C5CCCNC5)CC4)cc3C2=O)C(=O)N1. The number of nitrogens with one attached hydrogen (secondary N) is 2. The Morgan fingerprint density at radius 2 is 1.69 bits per heavy atom. The van der Waals surface area contributed by atoms with Crippen molar-refractivity contribution >= 4 is 23.6 Å². The van der Waals surface area contributed by atoms with Gasteiger partial charge in [0.2, 0.25) is 11.8 Å². The van der Waals surface area contributed by atoms with Gasteiger partial charge in [-0.3, -0.25) is 34.3 Å². The van der Waals surface area contributed by atoms with Crippen LogP contribution in [-0.4, -0.2) is 65.6 Å². The van der Waals surface area contributed by atoms with Crippen LogP contribution in [0.5, 0.6) is 0 Å². The Morgan fingerprint density at radius 1 is 0.906 bits per heavy atom. The third kappa shape index (κ3) is 3.97. The van der Waals surface area contributed by atoms with Gasteiger partial charge in [-0.25, -0.2) is 0 Å². The van der Waals surface area contributed by atoms with Crippen molar-refractivity contribution in [2.75, 3.05) is 26.2 Å². The third-order valence-corrected chi connectivity index (χ3v) is 7.54. The van der Waals surface area contributed by atoms with Crippen molar-refractivity contribution in [3.63, 3.8) is 0 Å². The van der Waals surface area contributed by atoms with Crippen molar-refractivity contribution in [3.8, 4) is 0 Å². The molecule has 0 aliphatic carbocycles. The van der Waals surface area contributed by atoms with Gasteiger partial charge >= 0.3 is 0 Å². The van der Waals surface area contributed by atoms with E-state index in [9.17, 15) is 19.2 Å². The summed E-state index contributed by atoms with van der Waals surface area (Å²) in [6.45, 7) is 5.15. The quantitative estimate of drug-likeness (QED) is 0.688. The van der Waals surface area contributed by atoms with E-state index in [1.54, 1.807) is 12.1 Å². The Balaban J connectivity index is 1.23. The number of rotatable bonds is 4. The number of piperidine rings is 3. The topological polar surface area (TPSA) is 98.8 Å². The summed E-state index contributed by atoms with van der Waals surface area (Å²) in [6.07, 6.45) is 5.33. The minimum Gasteiger partial charge on any atom is -0.316 e. The molecule has 4 heterocycles. The number of imide groups is 2. The summed E-state index contributed by atoms with van der Waals surface area (Å²) in [5.41, 5.74) is 1.71. The Morgan fingerprint density at radius 3 is 2.41 bits per heavy atom. The first-order chi connectivity index (χ1) is 15.5. The van der Waals surface area contributed by atoms with Crippen LogP contribution in [0.15, 0.2) is 18.2 Å². The highest BCUT2D eigenvalue weighted by Gasteiger charge is 2.44. The summed E-state index contributed by atoms with van der Waals surface area (Å²) in [5.74, 6) is -0.244. The number of carbonyl (C=O) groups excluding carboxylic acids is 4. The molecule has 3 fully saturated rings. The second-order valence-corrected chi connectivity index (χ2v) is 9.55. The van der Waals surface area contributed by atoms with Gasteiger partial charge in [0.15, 0.2) is 0 Å². The first kappa shape index (κ1) is 21.3. The zero-order chi connectivity index (χ0) is 22.2. The largest absolute Gasteiger partial charge is 0.316 e. The summed E-state index contributed by atoms with van der Waals surface area (Å²) in [7, 11) is 0. The van der Waals surface area contributed by atoms with Crippen LogP contribution in [0.1, 0.15) is 64.8 Å². The fourth-order valence-electron chi connectivity index (χ4n) is 5.74. The maximum atomic E-state index is 13.0. The lowest BCUT2D eigenvalue weighted by atomic mass is 9.80. The molecule has 4 aliphatic heterocycles. The predicted molar refractivity (Wildman–Crippen MR) is 117 cm³/mol. The maximum Gasteiger partial charge on any atom is 0.262 e. The van der Waals surface area contributed by atoms with E-state index in [0.29, 0.717) is 11.1 Å². The van der Waals surface area contributed by atoms with Gasteiger partial charge in [0.05, 0.1) is 11.1 Å². The molecule has 0 spiro atoms. The van der Waals surface area contributed by atoms with Crippen molar-refractivity contribution in [2.45, 2.75) is 51.1 Å². The number of benzene rings is 1. The molecule has 32 heavy (non-hydrogen) atoms. The fourth-order valence-corrected chi connectivity index (χ4v) is 5.74. The number of amides is 4. The molecule has 8 nitrogen and oxygen atoms in total. The highest BCUT2D eigenvalue weighted by Crippen LogP contribution is 2.31. The summed E-state index contributed by atoms with van der Waals surface area (Å²) in [6, 6.07) is 4.50. The molecule has 1 aromatic rings. The minimum atomic E-state index is -0.920. The number of likely N-dealkylation sites (tertiary alicyclic amines) is 1. The molecule has 1 aromatic carbocycles. The van der Waals surface area contributed by atoms with E-state index in [1.807, 2.05) is 6.07 Å². The van der Waals surface area contributed by atoms with Crippen molar-refractivity contribution in [2.24, 2.45) is 11.8 Å². The normalized spacial score (nSPS) is 27.6. The smallest absolute Gasteiger partial charge is 0.262 e. The van der Waals surface area contributed by atoms with Gasteiger partial charge in [-0.05, 0) is 87.8 Å². The molecule has 5 rings (SSSR count). The Hall–Kier alpha value is -2.58. The fraction of sp³-hybridized carbons (Fsp3) is 0.583. The van der Waals surface area contributed by atoms with Crippen molar-refractivity contribution < 1.29 is 19.2 Å². The van der Waals surface area contributed by atoms with Gasteiger partial charge < -0.3 is 5.32 Å². The third-order valence-electron chi connectivity index (χ3n) is 7.54. The minimum absolute atomic E-state index is 0.127. The van der Waals surface area contributed by atoms with Crippen LogP contribution in [0.2, 0.25) is 0 Å². The molecule has 4 aliphatic rings. The van der Waals surface area contributed by atoms with E-state index in [1.165, 1.54) is 25.7 Å². The Bertz CT molecular complexity index is 947. The summed E-state index contributed by atoms with van der Waals surface area (Å²) < 4.78 is 0. The molecule has 3 saturated heterocycles. The monoisotopic (exact) mass is 438 g/mol. The Kier molecular flexibility index (Phi) is 5.82. The number of nitrogens with zero attached hydrogens (tertiary/aromatic N) is 2. The van der Waals surface area contributed by atoms with E-state index in [4.69, 9.17) is 0 Å². The van der Waals surface area contributed by atoms with Crippen LogP contribution >= 0.6 is 0 Å². The average Bonchev–Trinajstić information content (AvgIpc) is 3.05. The molecular weight excluding hydrogens is 408 g/mol. The van der Waals surface area contributed by atoms with Crippen molar-refractivity contribution in [1.82, 2.24) is 20.4 Å². The lowest BCUT2D eigenvalue weighted by Crippen LogP contribution is -2.54. The molecule has 4 amide bonds. The van der Waals surface area contributed by atoms with Crippen LogP contribution in [-0.2, 0) is 16.1 Å². The molecule has 0 bridgehead atoms. The van der Waals surface area contributed by atoms with E-state index in [2.05, 4.69) is 15.5 Å². The van der Waals surface area contributed by atoms with E-state index in [0.717, 1.165) is 55.0 Å². The van der Waals surface area contributed by atoms with Crippen LogP contribution in [0, 0.1) is 11.8 Å². The zero-order valence-electron chi connectivity index (χ0n) is 18.3. The predicted octanol–water partition coefficient (Wildman–Crippen LogP) is 1.30. The lowest BCUT2D eigenvalue weighted by Gasteiger charge is -2.37. The van der Waals surface area contributed by atoms with Crippen molar-refractivity contribution in [3.05, 3.63) is 34.9 Å². The van der Waals surface area contributed by atoms with Crippen LogP contribution in [0.25, 0.3) is 0 Å². The van der Waals surface area contributed by atoms with E-state index < -0.39 is 23.8 Å². The van der Waals surface area contributed by atoms with Gasteiger partial charge in [0.25, 0.3) is 11.8 Å². The molecule has 170 valence electrons. The number of fused-ring (bicyclic) bond motifs is 1. The van der Waals surface area contributed by atoms with Crippen LogP contribution < -0.4 is 10.6 Å². The molecule has 0 saturated carbocycles. The van der Waals surface area contributed by atoms with Crippen LogP contribution in [0.3, 0.4) is 0 Å². The lowest BCUT2D eigenvalue weighted by molar-refractivity contribution is -0.136. The first-order valence-electron chi connectivity index (χ1n) is 11.8. The van der Waals surface area contributed by atoms with Crippen molar-refractivity contribution in [1.29, 1.82) is 0 Å². The molecule has 2 N–H and O–H groups in total. The second-order valence-electron chi connectivity index (χ2n) is 9.55. The first-order valence-corrected chi connectivity index (χ1v) is 11.8. The molecule has 8 heteroatoms. The highest BCUT2D eigenvalue weighted by molar-refractivity contribution is 6.23. The van der Waals surface area contributed by atoms with Gasteiger partial charge in [-0.1, -0.05) is 6.07 Å². The molecular formula is C24H30N4O4. The van der Waals surface area contributed by atoms with E-state index in [-0.39, 0.29) is 18.7 Å². The number of hydrogen-bond donors (Lipinski definition) is 2. The summed E-state index contributed by atoms with van der Waals surface area (Å²) >= 11 is 0. The average molecular weight is 439 g/mol. The van der Waals surface area contributed by atoms with Gasteiger partial charge in [-0.2, -0.15) is 0 Å². The number of hydrogen-bond acceptors (Lipinski definition) is 6. The maximum absolute atomic E-state index is 13.0. The zero-order valence-corrected chi connectivity index (χ0v) is 18.3.